The quantitative estimate of drug-likeness (QED) is 0.548. The summed E-state index contributed by atoms with van der Waals surface area (Å²) < 4.78 is 5.51. The van der Waals surface area contributed by atoms with Gasteiger partial charge in [-0.3, -0.25) is 4.79 Å². The molecule has 0 radical (unpaired) electrons. The van der Waals surface area contributed by atoms with E-state index in [0.717, 1.165) is 22.3 Å². The molecule has 0 spiro atoms. The summed E-state index contributed by atoms with van der Waals surface area (Å²) in [6.07, 6.45) is -0.938. The molecule has 1 heterocycles. The van der Waals surface area contributed by atoms with Gasteiger partial charge in [-0.25, -0.2) is 4.79 Å². The van der Waals surface area contributed by atoms with Crippen LogP contribution < -0.4 is 5.32 Å². The lowest BCUT2D eigenvalue weighted by Crippen LogP contribution is -2.31. The van der Waals surface area contributed by atoms with Gasteiger partial charge in [-0.15, -0.1) is 11.3 Å². The van der Waals surface area contributed by atoms with E-state index in [2.05, 4.69) is 17.4 Å². The van der Waals surface area contributed by atoms with Crippen molar-refractivity contribution in [2.45, 2.75) is 18.4 Å². The molecule has 1 aliphatic carbocycles. The first-order valence-corrected chi connectivity index (χ1v) is 10.4. The van der Waals surface area contributed by atoms with E-state index < -0.39 is 18.1 Å². The first kappa shape index (κ1) is 19.5. The molecule has 5 nitrogen and oxygen atoms in total. The highest BCUT2D eigenvalue weighted by molar-refractivity contribution is 7.10. The van der Waals surface area contributed by atoms with Gasteiger partial charge in [0.15, 0.2) is 0 Å². The number of nitrogens with one attached hydrogen (secondary N) is 1. The molecule has 148 valence electrons. The Hall–Kier alpha value is -2.83. The summed E-state index contributed by atoms with van der Waals surface area (Å²) in [7, 11) is 0. The van der Waals surface area contributed by atoms with Crippen LogP contribution in [-0.4, -0.2) is 23.8 Å². The smallest absolute Gasteiger partial charge is 0.407 e. The molecule has 1 aliphatic rings. The molecule has 29 heavy (non-hydrogen) atoms. The number of amides is 1. The number of ether oxygens (including phenoxy) is 1. The van der Waals surface area contributed by atoms with Crippen molar-refractivity contribution in [3.63, 3.8) is 0 Å². The number of alkyl carbamates (subject to hydrolysis) is 1. The van der Waals surface area contributed by atoms with Crippen LogP contribution >= 0.6 is 22.9 Å². The average Bonchev–Trinajstić information content (AvgIpc) is 3.27. The Morgan fingerprint density at radius 1 is 1.07 bits per heavy atom. The van der Waals surface area contributed by atoms with Gasteiger partial charge in [-0.1, -0.05) is 60.1 Å². The van der Waals surface area contributed by atoms with Crippen molar-refractivity contribution in [2.75, 3.05) is 6.61 Å². The number of benzene rings is 2. The minimum absolute atomic E-state index is 0.0589. The fraction of sp³-hybridized carbons (Fsp3) is 0.182. The monoisotopic (exact) mass is 427 g/mol. The average molecular weight is 428 g/mol. The first-order chi connectivity index (χ1) is 14.0. The number of rotatable bonds is 6. The molecule has 2 aromatic carbocycles. The van der Waals surface area contributed by atoms with Gasteiger partial charge in [0, 0.05) is 10.8 Å². The third-order valence-corrected chi connectivity index (χ3v) is 6.45. The molecule has 0 saturated heterocycles. The minimum Gasteiger partial charge on any atom is -0.481 e. The molecule has 3 aromatic rings. The van der Waals surface area contributed by atoms with Gasteiger partial charge in [0.05, 0.1) is 17.5 Å². The van der Waals surface area contributed by atoms with Crippen LogP contribution in [0.15, 0.2) is 60.0 Å². The van der Waals surface area contributed by atoms with Crippen LogP contribution in [0.4, 0.5) is 4.79 Å². The lowest BCUT2D eigenvalue weighted by molar-refractivity contribution is -0.137. The van der Waals surface area contributed by atoms with Gasteiger partial charge in [-0.05, 0) is 33.7 Å². The molecular weight excluding hydrogens is 410 g/mol. The van der Waals surface area contributed by atoms with Crippen molar-refractivity contribution in [3.8, 4) is 11.1 Å². The Bertz CT molecular complexity index is 1020. The van der Waals surface area contributed by atoms with Crippen LogP contribution in [0.25, 0.3) is 11.1 Å². The first-order valence-electron chi connectivity index (χ1n) is 9.10. The molecule has 1 atom stereocenters. The second-order valence-corrected chi connectivity index (χ2v) is 8.11. The van der Waals surface area contributed by atoms with Crippen LogP contribution in [0.5, 0.6) is 0 Å². The van der Waals surface area contributed by atoms with Gasteiger partial charge in [0.25, 0.3) is 0 Å². The summed E-state index contributed by atoms with van der Waals surface area (Å²) in [5.74, 6) is -1.09. The summed E-state index contributed by atoms with van der Waals surface area (Å²) >= 11 is 7.42. The van der Waals surface area contributed by atoms with Crippen molar-refractivity contribution in [2.24, 2.45) is 0 Å². The lowest BCUT2D eigenvalue weighted by atomic mass is 9.98. The molecular formula is C22H18ClNO4S. The van der Waals surface area contributed by atoms with Crippen molar-refractivity contribution in [3.05, 3.63) is 81.0 Å². The van der Waals surface area contributed by atoms with Crippen molar-refractivity contribution >= 4 is 35.0 Å². The van der Waals surface area contributed by atoms with Gasteiger partial charge in [0.1, 0.15) is 6.61 Å². The molecule has 0 saturated carbocycles. The predicted octanol–water partition coefficient (Wildman–Crippen LogP) is 5.46. The fourth-order valence-corrected chi connectivity index (χ4v) is 4.96. The van der Waals surface area contributed by atoms with Gasteiger partial charge in [-0.2, -0.15) is 0 Å². The predicted molar refractivity (Wildman–Crippen MR) is 113 cm³/mol. The Kier molecular flexibility index (Phi) is 5.56. The molecule has 7 heteroatoms. The molecule has 0 aliphatic heterocycles. The molecule has 1 aromatic heterocycles. The number of aliphatic carboxylic acids is 1. The number of carbonyl (C=O) groups excluding carboxylic acids is 1. The second-order valence-electron chi connectivity index (χ2n) is 6.75. The molecule has 1 amide bonds. The van der Waals surface area contributed by atoms with Gasteiger partial charge < -0.3 is 15.2 Å². The summed E-state index contributed by atoms with van der Waals surface area (Å²) in [5.41, 5.74) is 4.52. The number of carboxylic acid groups (broad SMARTS) is 1. The van der Waals surface area contributed by atoms with Crippen LogP contribution in [0, 0.1) is 0 Å². The molecule has 0 unspecified atom stereocenters. The molecule has 0 fully saturated rings. The highest BCUT2D eigenvalue weighted by atomic mass is 35.5. The van der Waals surface area contributed by atoms with E-state index in [1.807, 2.05) is 36.4 Å². The number of hydrogen-bond acceptors (Lipinski definition) is 4. The molecule has 4 rings (SSSR count). The van der Waals surface area contributed by atoms with Crippen LogP contribution in [0.1, 0.15) is 34.4 Å². The van der Waals surface area contributed by atoms with Gasteiger partial charge in [0.2, 0.25) is 0 Å². The SMILES string of the molecule is O=C(O)C[C@@H](NC(=O)OCC1c2ccccc2-c2ccccc21)c1sccc1Cl. The standard InChI is InChI=1S/C22H18ClNO4S/c23-18-9-10-29-21(18)19(11-20(25)26)24-22(27)28-12-17-15-7-3-1-5-13(15)14-6-2-4-8-16(14)17/h1-10,17,19H,11-12H2,(H,24,27)(H,25,26)/t19-/m1/s1. The highest BCUT2D eigenvalue weighted by Gasteiger charge is 2.29. The summed E-state index contributed by atoms with van der Waals surface area (Å²) in [4.78, 5) is 24.3. The number of thiophene rings is 1. The van der Waals surface area contributed by atoms with Crippen molar-refractivity contribution < 1.29 is 19.4 Å². The molecule has 0 bridgehead atoms. The summed E-state index contributed by atoms with van der Waals surface area (Å²) in [6.45, 7) is 0.165. The van der Waals surface area contributed by atoms with E-state index in [9.17, 15) is 14.7 Å². The largest absolute Gasteiger partial charge is 0.481 e. The second kappa shape index (κ2) is 8.27. The van der Waals surface area contributed by atoms with Crippen molar-refractivity contribution in [1.29, 1.82) is 0 Å². The maximum Gasteiger partial charge on any atom is 0.407 e. The topological polar surface area (TPSA) is 75.6 Å². The van der Waals surface area contributed by atoms with E-state index in [4.69, 9.17) is 16.3 Å². The Morgan fingerprint density at radius 3 is 2.24 bits per heavy atom. The summed E-state index contributed by atoms with van der Waals surface area (Å²) in [5, 5.41) is 14.0. The van der Waals surface area contributed by atoms with Crippen LogP contribution in [-0.2, 0) is 9.53 Å². The fourth-order valence-electron chi connectivity index (χ4n) is 3.72. The number of carbonyl (C=O) groups is 2. The zero-order valence-electron chi connectivity index (χ0n) is 15.3. The maximum atomic E-state index is 12.5. The minimum atomic E-state index is -1.03. The maximum absolute atomic E-state index is 12.5. The third-order valence-electron chi connectivity index (χ3n) is 4.98. The normalized spacial score (nSPS) is 13.4. The Balaban J connectivity index is 1.48. The Morgan fingerprint density at radius 2 is 1.69 bits per heavy atom. The zero-order chi connectivity index (χ0) is 20.4. The lowest BCUT2D eigenvalue weighted by Gasteiger charge is -2.18. The highest BCUT2D eigenvalue weighted by Crippen LogP contribution is 2.44. The van der Waals surface area contributed by atoms with Crippen LogP contribution in [0.2, 0.25) is 5.02 Å². The number of hydrogen-bond donors (Lipinski definition) is 2. The third kappa shape index (κ3) is 3.99. The molecule has 2 N–H and O–H groups in total. The summed E-state index contributed by atoms with van der Waals surface area (Å²) in [6, 6.07) is 17.1. The van der Waals surface area contributed by atoms with Gasteiger partial charge >= 0.3 is 12.1 Å². The Labute approximate surface area is 176 Å². The van der Waals surface area contributed by atoms with E-state index in [1.165, 1.54) is 11.3 Å². The van der Waals surface area contributed by atoms with E-state index >= 15 is 0 Å². The van der Waals surface area contributed by atoms with E-state index in [0.29, 0.717) is 9.90 Å². The van der Waals surface area contributed by atoms with E-state index in [1.54, 1.807) is 11.4 Å². The van der Waals surface area contributed by atoms with Crippen LogP contribution in [0.3, 0.4) is 0 Å². The van der Waals surface area contributed by atoms with E-state index in [-0.39, 0.29) is 18.9 Å². The number of carboxylic acids is 1. The number of fused-ring (bicyclic) bond motifs is 3. The van der Waals surface area contributed by atoms with Crippen molar-refractivity contribution in [1.82, 2.24) is 5.32 Å². The zero-order valence-corrected chi connectivity index (χ0v) is 16.9. The number of halogens is 1.